The second-order valence-corrected chi connectivity index (χ2v) is 4.70. The maximum absolute atomic E-state index is 12.5. The number of aromatic nitrogens is 2. The second kappa shape index (κ2) is 5.28. The van der Waals surface area contributed by atoms with Crippen LogP contribution in [0.1, 0.15) is 21.6 Å². The van der Waals surface area contributed by atoms with Crippen LogP contribution >= 0.6 is 0 Å². The van der Waals surface area contributed by atoms with Crippen molar-refractivity contribution in [3.63, 3.8) is 0 Å². The zero-order chi connectivity index (χ0) is 13.9. The Labute approximate surface area is 117 Å². The highest BCUT2D eigenvalue weighted by Crippen LogP contribution is 2.19. The van der Waals surface area contributed by atoms with Crippen molar-refractivity contribution >= 4 is 5.91 Å². The Kier molecular flexibility index (Phi) is 3.33. The molecule has 0 saturated carbocycles. The lowest BCUT2D eigenvalue weighted by atomic mass is 10.1. The van der Waals surface area contributed by atoms with E-state index in [0.717, 1.165) is 23.4 Å². The van der Waals surface area contributed by atoms with Gasteiger partial charge in [-0.05, 0) is 24.3 Å². The number of hydrogen-bond acceptors (Lipinski definition) is 4. The summed E-state index contributed by atoms with van der Waals surface area (Å²) in [5.41, 5.74) is 2.74. The van der Waals surface area contributed by atoms with Crippen LogP contribution in [0.2, 0.25) is 0 Å². The Bertz CT molecular complexity index is 625. The molecule has 5 heteroatoms. The lowest BCUT2D eigenvalue weighted by Gasteiger charge is -2.27. The molecule has 3 rings (SSSR count). The molecule has 0 unspecified atom stereocenters. The van der Waals surface area contributed by atoms with Gasteiger partial charge in [0.25, 0.3) is 5.91 Å². The molecule has 0 bridgehead atoms. The minimum Gasteiger partial charge on any atom is -0.497 e. The first-order valence-corrected chi connectivity index (χ1v) is 6.49. The van der Waals surface area contributed by atoms with Crippen molar-refractivity contribution in [2.24, 2.45) is 0 Å². The number of benzene rings is 1. The van der Waals surface area contributed by atoms with Crippen molar-refractivity contribution in [2.75, 3.05) is 13.7 Å². The molecule has 102 valence electrons. The summed E-state index contributed by atoms with van der Waals surface area (Å²) in [5, 5.41) is 0. The maximum Gasteiger partial charge on any atom is 0.254 e. The standard InChI is InChI=1S/C15H15N3O2/c1-20-13-4-2-11(3-5-13)15(19)18-7-6-14-12(9-18)8-16-10-17-14/h2-5,8,10H,6-7,9H2,1H3. The molecular formula is C15H15N3O2. The smallest absolute Gasteiger partial charge is 0.254 e. The van der Waals surface area contributed by atoms with Crippen LogP contribution in [0.25, 0.3) is 0 Å². The molecule has 1 aromatic carbocycles. The largest absolute Gasteiger partial charge is 0.497 e. The first-order chi connectivity index (χ1) is 9.78. The molecule has 0 aliphatic carbocycles. The molecule has 0 radical (unpaired) electrons. The predicted octanol–water partition coefficient (Wildman–Crippen LogP) is 1.68. The fourth-order valence-corrected chi connectivity index (χ4v) is 2.36. The minimum absolute atomic E-state index is 0.0298. The Morgan fingerprint density at radius 2 is 2.10 bits per heavy atom. The number of carbonyl (C=O) groups is 1. The summed E-state index contributed by atoms with van der Waals surface area (Å²) in [6, 6.07) is 7.18. The van der Waals surface area contributed by atoms with E-state index in [1.807, 2.05) is 4.90 Å². The van der Waals surface area contributed by atoms with Gasteiger partial charge in [-0.25, -0.2) is 9.97 Å². The van der Waals surface area contributed by atoms with E-state index in [1.54, 1.807) is 43.9 Å². The van der Waals surface area contributed by atoms with E-state index in [-0.39, 0.29) is 5.91 Å². The van der Waals surface area contributed by atoms with E-state index in [2.05, 4.69) is 9.97 Å². The van der Waals surface area contributed by atoms with Gasteiger partial charge < -0.3 is 9.64 Å². The van der Waals surface area contributed by atoms with Crippen LogP contribution in [-0.4, -0.2) is 34.4 Å². The number of methoxy groups -OCH3 is 1. The van der Waals surface area contributed by atoms with Crippen molar-refractivity contribution < 1.29 is 9.53 Å². The van der Waals surface area contributed by atoms with Crippen LogP contribution in [0.5, 0.6) is 5.75 Å². The minimum atomic E-state index is 0.0298. The van der Waals surface area contributed by atoms with Gasteiger partial charge in [-0.1, -0.05) is 0 Å². The van der Waals surface area contributed by atoms with Crippen molar-refractivity contribution in [1.82, 2.24) is 14.9 Å². The second-order valence-electron chi connectivity index (χ2n) is 4.70. The Balaban J connectivity index is 1.78. The molecular weight excluding hydrogens is 254 g/mol. The highest BCUT2D eigenvalue weighted by Gasteiger charge is 2.22. The van der Waals surface area contributed by atoms with E-state index < -0.39 is 0 Å². The summed E-state index contributed by atoms with van der Waals surface area (Å²) < 4.78 is 5.10. The molecule has 2 aromatic rings. The van der Waals surface area contributed by atoms with Crippen LogP contribution in [0, 0.1) is 0 Å². The molecule has 0 atom stereocenters. The molecule has 1 aliphatic heterocycles. The number of nitrogens with zero attached hydrogens (tertiary/aromatic N) is 3. The van der Waals surface area contributed by atoms with Crippen molar-refractivity contribution in [3.05, 3.63) is 53.6 Å². The Hall–Kier alpha value is -2.43. The van der Waals surface area contributed by atoms with E-state index in [4.69, 9.17) is 4.74 Å². The molecule has 20 heavy (non-hydrogen) atoms. The first kappa shape index (κ1) is 12.6. The lowest BCUT2D eigenvalue weighted by molar-refractivity contribution is 0.0733. The number of hydrogen-bond donors (Lipinski definition) is 0. The summed E-state index contributed by atoms with van der Waals surface area (Å²) in [6.07, 6.45) is 4.12. The maximum atomic E-state index is 12.5. The van der Waals surface area contributed by atoms with Crippen molar-refractivity contribution in [1.29, 1.82) is 0 Å². The molecule has 0 N–H and O–H groups in total. The van der Waals surface area contributed by atoms with Gasteiger partial charge in [0.15, 0.2) is 0 Å². The van der Waals surface area contributed by atoms with Crippen molar-refractivity contribution in [3.8, 4) is 5.75 Å². The third-order valence-electron chi connectivity index (χ3n) is 3.49. The first-order valence-electron chi connectivity index (χ1n) is 6.49. The Morgan fingerprint density at radius 1 is 1.30 bits per heavy atom. The zero-order valence-electron chi connectivity index (χ0n) is 11.2. The van der Waals surface area contributed by atoms with E-state index in [0.29, 0.717) is 18.7 Å². The SMILES string of the molecule is COc1ccc(C(=O)N2CCc3ncncc3C2)cc1. The fraction of sp³-hybridized carbons (Fsp3) is 0.267. The number of rotatable bonds is 2. The molecule has 0 spiro atoms. The average Bonchev–Trinajstić information content (AvgIpc) is 2.54. The molecule has 0 saturated heterocycles. The van der Waals surface area contributed by atoms with Gasteiger partial charge >= 0.3 is 0 Å². The monoisotopic (exact) mass is 269 g/mol. The fourth-order valence-electron chi connectivity index (χ4n) is 2.36. The van der Waals surface area contributed by atoms with Crippen LogP contribution in [0.15, 0.2) is 36.8 Å². The normalized spacial score (nSPS) is 13.8. The third kappa shape index (κ3) is 2.34. The highest BCUT2D eigenvalue weighted by molar-refractivity contribution is 5.94. The van der Waals surface area contributed by atoms with Gasteiger partial charge in [0, 0.05) is 36.8 Å². The number of amides is 1. The zero-order valence-corrected chi connectivity index (χ0v) is 11.2. The summed E-state index contributed by atoms with van der Waals surface area (Å²) in [7, 11) is 1.61. The number of ether oxygens (including phenoxy) is 1. The van der Waals surface area contributed by atoms with Crippen LogP contribution in [-0.2, 0) is 13.0 Å². The number of carbonyl (C=O) groups excluding carboxylic acids is 1. The molecule has 1 aromatic heterocycles. The molecule has 5 nitrogen and oxygen atoms in total. The van der Waals surface area contributed by atoms with Crippen LogP contribution in [0.3, 0.4) is 0 Å². The van der Waals surface area contributed by atoms with E-state index >= 15 is 0 Å². The van der Waals surface area contributed by atoms with E-state index in [9.17, 15) is 4.79 Å². The van der Waals surface area contributed by atoms with Gasteiger partial charge in [0.1, 0.15) is 12.1 Å². The van der Waals surface area contributed by atoms with Gasteiger partial charge in [-0.2, -0.15) is 0 Å². The predicted molar refractivity (Wildman–Crippen MR) is 73.5 cm³/mol. The highest BCUT2D eigenvalue weighted by atomic mass is 16.5. The van der Waals surface area contributed by atoms with Crippen LogP contribution in [0.4, 0.5) is 0 Å². The van der Waals surface area contributed by atoms with Gasteiger partial charge in [0.2, 0.25) is 0 Å². The lowest BCUT2D eigenvalue weighted by Crippen LogP contribution is -2.36. The molecule has 2 heterocycles. The summed E-state index contributed by atoms with van der Waals surface area (Å²) in [5.74, 6) is 0.779. The Morgan fingerprint density at radius 3 is 2.85 bits per heavy atom. The summed E-state index contributed by atoms with van der Waals surface area (Å²) in [4.78, 5) is 22.5. The van der Waals surface area contributed by atoms with Crippen molar-refractivity contribution in [2.45, 2.75) is 13.0 Å². The van der Waals surface area contributed by atoms with Crippen LogP contribution < -0.4 is 4.74 Å². The average molecular weight is 269 g/mol. The third-order valence-corrected chi connectivity index (χ3v) is 3.49. The molecule has 1 aliphatic rings. The van der Waals surface area contributed by atoms with Gasteiger partial charge in [-0.3, -0.25) is 4.79 Å². The molecule has 0 fully saturated rings. The summed E-state index contributed by atoms with van der Waals surface area (Å²) in [6.45, 7) is 1.26. The quantitative estimate of drug-likeness (QED) is 0.832. The summed E-state index contributed by atoms with van der Waals surface area (Å²) >= 11 is 0. The van der Waals surface area contributed by atoms with E-state index in [1.165, 1.54) is 0 Å². The topological polar surface area (TPSA) is 55.3 Å². The number of fused-ring (bicyclic) bond motifs is 1. The van der Waals surface area contributed by atoms with Gasteiger partial charge in [-0.15, -0.1) is 0 Å². The molecule has 1 amide bonds. The van der Waals surface area contributed by atoms with Gasteiger partial charge in [0.05, 0.1) is 12.8 Å².